The number of nitrogens with zero attached hydrogens (tertiary/aromatic N) is 4. The van der Waals surface area contributed by atoms with Crippen molar-refractivity contribution in [3.8, 4) is 11.4 Å². The highest BCUT2D eigenvalue weighted by Crippen LogP contribution is 2.24. The van der Waals surface area contributed by atoms with Crippen LogP contribution < -0.4 is 9.74 Å². The fourth-order valence-corrected chi connectivity index (χ4v) is 4.30. The van der Waals surface area contributed by atoms with Crippen LogP contribution in [0.1, 0.15) is 6.92 Å². The number of piperazine rings is 1. The number of hydrogen-bond donors (Lipinski definition) is 0. The lowest BCUT2D eigenvalue weighted by Gasteiger charge is -2.37. The largest absolute Gasteiger partial charge is 0.407 e. The third-order valence-electron chi connectivity index (χ3n) is 5.92. The fourth-order valence-electron chi connectivity index (χ4n) is 4.30. The molecule has 0 N–H and O–H groups in total. The number of imidazole rings is 1. The molecule has 0 radical (unpaired) electrons. The molecule has 0 amide bonds. The first kappa shape index (κ1) is 20.5. The second kappa shape index (κ2) is 9.01. The Kier molecular flexibility index (Phi) is 5.77. The van der Waals surface area contributed by atoms with Crippen molar-refractivity contribution in [2.45, 2.75) is 13.0 Å². The fraction of sp³-hybridized carbons (Fsp3) is 0.269. The summed E-state index contributed by atoms with van der Waals surface area (Å²) < 4.78 is 15.1. The molecule has 0 spiro atoms. The van der Waals surface area contributed by atoms with Crippen molar-refractivity contribution >= 4 is 16.7 Å². The smallest absolute Gasteiger partial charge is 0.176 e. The minimum Gasteiger partial charge on any atom is -0.407 e. The van der Waals surface area contributed by atoms with Gasteiger partial charge in [0, 0.05) is 44.0 Å². The van der Waals surface area contributed by atoms with Crippen molar-refractivity contribution in [3.05, 3.63) is 84.7 Å². The summed E-state index contributed by atoms with van der Waals surface area (Å²) in [5.74, 6) is 0.625. The summed E-state index contributed by atoms with van der Waals surface area (Å²) in [7, 11) is 0. The molecule has 0 aliphatic carbocycles. The van der Waals surface area contributed by atoms with E-state index >= 15 is 0 Å². The van der Waals surface area contributed by atoms with E-state index in [2.05, 4.69) is 28.9 Å². The Morgan fingerprint density at radius 3 is 2.31 bits per heavy atom. The zero-order valence-corrected chi connectivity index (χ0v) is 18.2. The summed E-state index contributed by atoms with van der Waals surface area (Å²) in [6, 6.07) is 25.0. The number of fused-ring (bicyclic) bond motifs is 1. The lowest BCUT2D eigenvalue weighted by Crippen LogP contribution is -2.49. The van der Waals surface area contributed by atoms with E-state index in [0.29, 0.717) is 0 Å². The van der Waals surface area contributed by atoms with E-state index in [1.807, 2.05) is 59.3 Å². The number of aromatic nitrogens is 2. The van der Waals surface area contributed by atoms with E-state index in [-0.39, 0.29) is 11.9 Å². The predicted molar refractivity (Wildman–Crippen MR) is 126 cm³/mol. The van der Waals surface area contributed by atoms with Gasteiger partial charge in [-0.05, 0) is 43.3 Å². The Balaban J connectivity index is 1.27. The van der Waals surface area contributed by atoms with Crippen LogP contribution in [0, 0.1) is 5.82 Å². The van der Waals surface area contributed by atoms with Gasteiger partial charge in [0.25, 0.3) is 0 Å². The van der Waals surface area contributed by atoms with Crippen LogP contribution in [0.25, 0.3) is 22.4 Å². The quantitative estimate of drug-likeness (QED) is 0.452. The lowest BCUT2D eigenvalue weighted by atomic mass is 10.2. The van der Waals surface area contributed by atoms with Crippen LogP contribution in [0.5, 0.6) is 0 Å². The third kappa shape index (κ3) is 4.32. The number of anilines is 1. The molecule has 1 aliphatic heterocycles. The van der Waals surface area contributed by atoms with Crippen LogP contribution in [0.3, 0.4) is 0 Å². The van der Waals surface area contributed by atoms with Crippen LogP contribution in [-0.4, -0.2) is 53.4 Å². The minimum atomic E-state index is -0.194. The number of para-hydroxylation sites is 2. The highest BCUT2D eigenvalue weighted by atomic mass is 19.1. The molecule has 3 aromatic carbocycles. The number of rotatable bonds is 6. The molecule has 4 aromatic rings. The SMILES string of the molecule is CC(CN1CCN(c2ccc(F)cc2)CC1)On1c(-c2ccccc2)nc2ccccc21. The maximum atomic E-state index is 13.2. The zero-order chi connectivity index (χ0) is 21.9. The van der Waals surface area contributed by atoms with Gasteiger partial charge in [0.2, 0.25) is 0 Å². The van der Waals surface area contributed by atoms with Crippen molar-refractivity contribution in [2.75, 3.05) is 37.6 Å². The van der Waals surface area contributed by atoms with Gasteiger partial charge in [0.15, 0.2) is 5.82 Å². The first-order valence-electron chi connectivity index (χ1n) is 11.1. The van der Waals surface area contributed by atoms with Gasteiger partial charge in [-0.2, -0.15) is 4.73 Å². The highest BCUT2D eigenvalue weighted by molar-refractivity contribution is 5.80. The monoisotopic (exact) mass is 430 g/mol. The predicted octanol–water partition coefficient (Wildman–Crippen LogP) is 4.48. The van der Waals surface area contributed by atoms with Crippen LogP contribution in [0.4, 0.5) is 10.1 Å². The molecule has 5 rings (SSSR count). The van der Waals surface area contributed by atoms with Gasteiger partial charge in [-0.3, -0.25) is 4.90 Å². The maximum absolute atomic E-state index is 13.2. The van der Waals surface area contributed by atoms with E-state index < -0.39 is 0 Å². The Labute approximate surface area is 187 Å². The standard InChI is InChI=1S/C26H27FN4O/c1-20(19-29-15-17-30(18-16-29)23-13-11-22(27)12-14-23)32-31-25-10-6-5-9-24(25)28-26(31)21-7-3-2-4-8-21/h2-14,20H,15-19H2,1H3. The van der Waals surface area contributed by atoms with Crippen LogP contribution in [-0.2, 0) is 0 Å². The first-order valence-corrected chi connectivity index (χ1v) is 11.1. The minimum absolute atomic E-state index is 0.00700. The molecule has 32 heavy (non-hydrogen) atoms. The summed E-state index contributed by atoms with van der Waals surface area (Å²) >= 11 is 0. The summed E-state index contributed by atoms with van der Waals surface area (Å²) in [6.45, 7) is 6.67. The Morgan fingerprint density at radius 2 is 1.56 bits per heavy atom. The molecule has 1 saturated heterocycles. The topological polar surface area (TPSA) is 33.5 Å². The molecule has 1 aromatic heterocycles. The van der Waals surface area contributed by atoms with Gasteiger partial charge in [0.05, 0.1) is 5.52 Å². The highest BCUT2D eigenvalue weighted by Gasteiger charge is 2.21. The molecule has 1 aliphatic rings. The molecule has 1 atom stereocenters. The molecular weight excluding hydrogens is 403 g/mol. The van der Waals surface area contributed by atoms with Crippen molar-refractivity contribution < 1.29 is 9.23 Å². The van der Waals surface area contributed by atoms with Gasteiger partial charge < -0.3 is 9.74 Å². The summed E-state index contributed by atoms with van der Waals surface area (Å²) in [4.78, 5) is 16.0. The zero-order valence-electron chi connectivity index (χ0n) is 18.2. The molecular formula is C26H27FN4O. The van der Waals surface area contributed by atoms with Crippen molar-refractivity contribution in [1.29, 1.82) is 0 Å². The Hall–Kier alpha value is -3.38. The molecule has 1 unspecified atom stereocenters. The van der Waals surface area contributed by atoms with Crippen LogP contribution >= 0.6 is 0 Å². The van der Waals surface area contributed by atoms with E-state index in [1.54, 1.807) is 0 Å². The van der Waals surface area contributed by atoms with Crippen LogP contribution in [0.2, 0.25) is 0 Å². The maximum Gasteiger partial charge on any atom is 0.176 e. The van der Waals surface area contributed by atoms with E-state index in [0.717, 1.165) is 60.8 Å². The molecule has 6 heteroatoms. The summed E-state index contributed by atoms with van der Waals surface area (Å²) in [6.07, 6.45) is -0.00700. The van der Waals surface area contributed by atoms with Crippen molar-refractivity contribution in [2.24, 2.45) is 0 Å². The molecule has 0 bridgehead atoms. The number of hydrogen-bond acceptors (Lipinski definition) is 4. The van der Waals surface area contributed by atoms with Gasteiger partial charge >= 0.3 is 0 Å². The van der Waals surface area contributed by atoms with Gasteiger partial charge in [-0.1, -0.05) is 42.5 Å². The average Bonchev–Trinajstić information content (AvgIpc) is 3.19. The summed E-state index contributed by atoms with van der Waals surface area (Å²) in [5, 5.41) is 0. The Morgan fingerprint density at radius 1 is 0.875 bits per heavy atom. The average molecular weight is 431 g/mol. The van der Waals surface area contributed by atoms with Crippen LogP contribution in [0.15, 0.2) is 78.9 Å². The molecule has 1 fully saturated rings. The van der Waals surface area contributed by atoms with Crippen molar-refractivity contribution in [3.63, 3.8) is 0 Å². The second-order valence-corrected chi connectivity index (χ2v) is 8.26. The molecule has 164 valence electrons. The van der Waals surface area contributed by atoms with E-state index in [4.69, 9.17) is 9.82 Å². The Bertz CT molecular complexity index is 1170. The van der Waals surface area contributed by atoms with Crippen molar-refractivity contribution in [1.82, 2.24) is 14.6 Å². The number of benzene rings is 3. The van der Waals surface area contributed by atoms with E-state index in [9.17, 15) is 4.39 Å². The lowest BCUT2D eigenvalue weighted by molar-refractivity contribution is 0.0316. The summed E-state index contributed by atoms with van der Waals surface area (Å²) in [5.41, 5.74) is 4.00. The first-order chi connectivity index (χ1) is 15.7. The third-order valence-corrected chi connectivity index (χ3v) is 5.92. The van der Waals surface area contributed by atoms with E-state index in [1.165, 1.54) is 12.1 Å². The van der Waals surface area contributed by atoms with Gasteiger partial charge in [-0.25, -0.2) is 9.37 Å². The molecule has 0 saturated carbocycles. The molecule has 5 nitrogen and oxygen atoms in total. The van der Waals surface area contributed by atoms with Gasteiger partial charge in [-0.15, -0.1) is 0 Å². The van der Waals surface area contributed by atoms with Gasteiger partial charge in [0.1, 0.15) is 17.4 Å². The molecule has 2 heterocycles. The normalized spacial score (nSPS) is 15.8. The second-order valence-electron chi connectivity index (χ2n) is 8.26. The number of halogens is 1.